The number of sulfonamides is 1. The molecule has 20 heteroatoms. The number of nitrogens with one attached hydrogen (secondary N) is 2. The first kappa shape index (κ1) is 54.4. The summed E-state index contributed by atoms with van der Waals surface area (Å²) < 4.78 is 74.2. The van der Waals surface area contributed by atoms with E-state index in [9.17, 15) is 18.0 Å². The number of carbonyl (C=O) groups excluding carboxylic acids is 2. The third-order valence-corrected chi connectivity index (χ3v) is 13.5. The molecule has 7 rings (SSSR count). The van der Waals surface area contributed by atoms with Crippen LogP contribution in [0.3, 0.4) is 0 Å². The number of anilines is 1. The van der Waals surface area contributed by atoms with Gasteiger partial charge in [0.05, 0.1) is 45.1 Å². The maximum absolute atomic E-state index is 14.2. The molecular weight excluding hydrogens is 969 g/mol. The maximum Gasteiger partial charge on any atom is 0.344 e. The Morgan fingerprint density at radius 3 is 2.09 bits per heavy atom. The minimum Gasteiger partial charge on any atom is -0.494 e. The van der Waals surface area contributed by atoms with Crippen molar-refractivity contribution in [2.24, 2.45) is 5.92 Å². The normalized spacial score (nSPS) is 11.6. The van der Waals surface area contributed by atoms with E-state index in [2.05, 4.69) is 34.0 Å². The van der Waals surface area contributed by atoms with Crippen LogP contribution in [0.15, 0.2) is 83.8 Å². The van der Waals surface area contributed by atoms with Gasteiger partial charge in [-0.05, 0) is 91.9 Å². The Morgan fingerprint density at radius 1 is 0.743 bits per heavy atom. The number of nitrogens with zero attached hydrogens (tertiary/aromatic N) is 6. The smallest absolute Gasteiger partial charge is 0.344 e. The Balaban J connectivity index is 1.14. The van der Waals surface area contributed by atoms with E-state index >= 15 is 0 Å². The largest absolute Gasteiger partial charge is 0.494 e. The van der Waals surface area contributed by atoms with Crippen molar-refractivity contribution in [3.8, 4) is 51.7 Å². The number of esters is 2. The number of rotatable bonds is 31. The number of fused-ring (bicyclic) bond motifs is 2. The van der Waals surface area contributed by atoms with Gasteiger partial charge in [-0.3, -0.25) is 9.82 Å². The van der Waals surface area contributed by atoms with Gasteiger partial charge in [-0.25, -0.2) is 27.7 Å². The lowest BCUT2D eigenvalue weighted by Gasteiger charge is -2.15. The van der Waals surface area contributed by atoms with E-state index in [1.54, 1.807) is 60.7 Å². The molecule has 2 N–H and O–H groups in total. The van der Waals surface area contributed by atoms with Crippen LogP contribution in [0.25, 0.3) is 33.8 Å². The molecule has 0 bridgehead atoms. The number of aromatic amines is 1. The van der Waals surface area contributed by atoms with Crippen LogP contribution in [-0.4, -0.2) is 95.8 Å². The lowest BCUT2D eigenvalue weighted by molar-refractivity contribution is -0.147. The van der Waals surface area contributed by atoms with Crippen molar-refractivity contribution in [2.75, 3.05) is 45.4 Å². The van der Waals surface area contributed by atoms with E-state index < -0.39 is 28.6 Å². The van der Waals surface area contributed by atoms with Crippen LogP contribution >= 0.6 is 0 Å². The van der Waals surface area contributed by atoms with Crippen molar-refractivity contribution < 1.29 is 51.2 Å². The molecule has 0 saturated carbocycles. The van der Waals surface area contributed by atoms with Gasteiger partial charge in [0.2, 0.25) is 11.4 Å². The minimum absolute atomic E-state index is 0.0113. The van der Waals surface area contributed by atoms with Crippen molar-refractivity contribution in [1.29, 1.82) is 0 Å². The van der Waals surface area contributed by atoms with Gasteiger partial charge >= 0.3 is 11.9 Å². The summed E-state index contributed by atoms with van der Waals surface area (Å²) in [5, 5.41) is 16.7. The SMILES string of the molecule is CCCCCCCCOc1ccc(OCCCCCCCC)c(S(=O)(=O)Nc2ccc(-c3nc4c(-n5nnc6cc(C(=O)OCC(=O)OCCC(C)C)ccc65)c(Oc5c(OC)cccc5OC)nn4[nH]3)cc2)c1. The van der Waals surface area contributed by atoms with E-state index in [-0.39, 0.29) is 45.8 Å². The number of benzene rings is 4. The highest BCUT2D eigenvalue weighted by molar-refractivity contribution is 7.92. The summed E-state index contributed by atoms with van der Waals surface area (Å²) >= 11 is 0. The van der Waals surface area contributed by atoms with Gasteiger partial charge in [0.15, 0.2) is 29.6 Å². The highest BCUT2D eigenvalue weighted by atomic mass is 32.2. The summed E-state index contributed by atoms with van der Waals surface area (Å²) in [6.07, 6.45) is 13.8. The van der Waals surface area contributed by atoms with Crippen LogP contribution in [0.5, 0.6) is 34.6 Å². The molecule has 0 aliphatic heterocycles. The molecule has 0 atom stereocenters. The number of unbranched alkanes of at least 4 members (excludes halogenated alkanes) is 10. The zero-order valence-electron chi connectivity index (χ0n) is 43.2. The first-order chi connectivity index (χ1) is 35.9. The zero-order chi connectivity index (χ0) is 52.5. The van der Waals surface area contributed by atoms with Crippen molar-refractivity contribution in [2.45, 2.75) is 116 Å². The molecule has 0 amide bonds. The second kappa shape index (κ2) is 26.6. The number of H-pyrrole nitrogens is 1. The summed E-state index contributed by atoms with van der Waals surface area (Å²) in [5.74, 6) is 1.07. The van der Waals surface area contributed by atoms with E-state index in [0.717, 1.165) is 44.9 Å². The standard InChI is InChI=1S/C54H68N8O11S/c1-7-9-11-13-15-17-31-69-41-27-29-44(70-32-18-16-14-12-10-8-2)47(35-41)74(65,66)59-40-25-22-38(23-26-40)51-55-52-49(53(58-62(52)57-51)73-50-45(67-5)20-19-21-46(50)68-6)61-43-28-24-39(34-42(43)56-60-61)54(64)72-36-48(63)71-33-30-37(3)4/h19-29,34-35,37,59H,7-18,30-33,36H2,1-6H3,(H,55,57). The van der Waals surface area contributed by atoms with Crippen molar-refractivity contribution in [3.05, 3.63) is 84.4 Å². The molecule has 0 saturated heterocycles. The summed E-state index contributed by atoms with van der Waals surface area (Å²) in [6.45, 7) is 8.97. The second-order valence-electron chi connectivity index (χ2n) is 18.3. The molecule has 0 fully saturated rings. The Bertz CT molecular complexity index is 3040. The molecule has 0 radical (unpaired) electrons. The predicted molar refractivity (Wildman–Crippen MR) is 281 cm³/mol. The van der Waals surface area contributed by atoms with E-state index in [4.69, 9.17) is 43.2 Å². The monoisotopic (exact) mass is 1040 g/mol. The van der Waals surface area contributed by atoms with Crippen molar-refractivity contribution >= 4 is 44.3 Å². The summed E-state index contributed by atoms with van der Waals surface area (Å²) in [6, 6.07) is 21.5. The molecule has 3 aromatic heterocycles. The maximum atomic E-state index is 14.2. The number of hydrogen-bond donors (Lipinski definition) is 2. The third-order valence-electron chi connectivity index (χ3n) is 12.1. The minimum atomic E-state index is -4.15. The van der Waals surface area contributed by atoms with E-state index in [1.165, 1.54) is 73.8 Å². The molecule has 396 valence electrons. The molecule has 7 aromatic rings. The molecule has 0 aliphatic rings. The quantitative estimate of drug-likeness (QED) is 0.0305. The number of ether oxygens (including phenoxy) is 7. The molecule has 74 heavy (non-hydrogen) atoms. The molecule has 0 unspecified atom stereocenters. The fourth-order valence-corrected chi connectivity index (χ4v) is 9.23. The lowest BCUT2D eigenvalue weighted by Crippen LogP contribution is -2.17. The number of methoxy groups -OCH3 is 2. The van der Waals surface area contributed by atoms with Crippen LogP contribution in [0.1, 0.15) is 122 Å². The summed E-state index contributed by atoms with van der Waals surface area (Å²) in [4.78, 5) is 30.1. The van der Waals surface area contributed by atoms with Gasteiger partial charge in [0, 0.05) is 17.3 Å². The number of para-hydroxylation sites is 1. The topological polar surface area (TPSA) is 222 Å². The lowest BCUT2D eigenvalue weighted by atomic mass is 10.1. The average molecular weight is 1040 g/mol. The summed E-state index contributed by atoms with van der Waals surface area (Å²) in [7, 11) is -1.15. The average Bonchev–Trinajstić information content (AvgIpc) is 4.10. The highest BCUT2D eigenvalue weighted by Crippen LogP contribution is 2.42. The molecule has 0 spiro atoms. The predicted octanol–water partition coefficient (Wildman–Crippen LogP) is 11.3. The molecule has 3 heterocycles. The number of carbonyl (C=O) groups is 2. The van der Waals surface area contributed by atoms with Gasteiger partial charge in [-0.1, -0.05) is 103 Å². The fourth-order valence-electron chi connectivity index (χ4n) is 8.01. The van der Waals surface area contributed by atoms with Crippen LogP contribution in [0.4, 0.5) is 5.69 Å². The second-order valence-corrected chi connectivity index (χ2v) is 19.9. The number of hydrogen-bond acceptors (Lipinski definition) is 15. The van der Waals surface area contributed by atoms with Crippen molar-refractivity contribution in [1.82, 2.24) is 34.8 Å². The Labute approximate surface area is 432 Å². The molecule has 0 aliphatic carbocycles. The fraction of sp³-hybridized carbons (Fsp3) is 0.444. The van der Waals surface area contributed by atoms with Crippen molar-refractivity contribution in [3.63, 3.8) is 0 Å². The van der Waals surface area contributed by atoms with Crippen LogP contribution in [-0.2, 0) is 24.3 Å². The molecule has 4 aromatic carbocycles. The first-order valence-corrected chi connectivity index (χ1v) is 27.0. The Morgan fingerprint density at radius 2 is 1.42 bits per heavy atom. The van der Waals surface area contributed by atoms with Gasteiger partial charge < -0.3 is 33.2 Å². The molecular formula is C54H68N8O11S. The summed E-state index contributed by atoms with van der Waals surface area (Å²) in [5.41, 5.74) is 2.35. The van der Waals surface area contributed by atoms with E-state index in [1.807, 2.05) is 13.8 Å². The third kappa shape index (κ3) is 14.2. The van der Waals surface area contributed by atoms with Crippen LogP contribution in [0.2, 0.25) is 0 Å². The number of aromatic nitrogens is 7. The van der Waals surface area contributed by atoms with Gasteiger partial charge in [0.1, 0.15) is 21.9 Å². The van der Waals surface area contributed by atoms with Gasteiger partial charge in [-0.15, -0.1) is 14.8 Å². The zero-order valence-corrected chi connectivity index (χ0v) is 44.0. The Kier molecular flexibility index (Phi) is 19.5. The van der Waals surface area contributed by atoms with Gasteiger partial charge in [0.25, 0.3) is 15.9 Å². The van der Waals surface area contributed by atoms with E-state index in [0.29, 0.717) is 70.9 Å². The highest BCUT2D eigenvalue weighted by Gasteiger charge is 2.27. The first-order valence-electron chi connectivity index (χ1n) is 25.5. The van der Waals surface area contributed by atoms with Crippen LogP contribution < -0.4 is 28.4 Å². The Hall–Kier alpha value is -7.35. The van der Waals surface area contributed by atoms with Crippen LogP contribution in [0, 0.1) is 5.92 Å². The van der Waals surface area contributed by atoms with Gasteiger partial charge in [-0.2, -0.15) is 0 Å². The molecule has 19 nitrogen and oxygen atoms in total.